The Balaban J connectivity index is 0.00000133. The molecule has 3 aliphatic carbocycles. The van der Waals surface area contributed by atoms with E-state index < -0.39 is 0 Å². The van der Waals surface area contributed by atoms with Gasteiger partial charge < -0.3 is 9.64 Å². The van der Waals surface area contributed by atoms with Gasteiger partial charge in [-0.1, -0.05) is 106 Å². The Morgan fingerprint density at radius 1 is 0.920 bits per heavy atom. The van der Waals surface area contributed by atoms with Gasteiger partial charge >= 0.3 is 0 Å². The summed E-state index contributed by atoms with van der Waals surface area (Å²) < 4.78 is 6.89. The highest BCUT2D eigenvalue weighted by Crippen LogP contribution is 2.53. The Morgan fingerprint density at radius 2 is 1.60 bits per heavy atom. The predicted octanol–water partition coefficient (Wildman–Crippen LogP) is 13.2. The van der Waals surface area contributed by atoms with Crippen LogP contribution in [0, 0.1) is 42.4 Å². The van der Waals surface area contributed by atoms with Gasteiger partial charge in [0.25, 0.3) is 0 Å². The third-order valence-electron chi connectivity index (χ3n) is 11.7. The van der Waals surface area contributed by atoms with Crippen LogP contribution in [-0.4, -0.2) is 23.5 Å². The number of benzene rings is 2. The molecule has 2 aromatic carbocycles. The number of nitrogens with zero attached hydrogens (tertiary/aromatic N) is 2. The first-order chi connectivity index (χ1) is 22.8. The normalized spacial score (nSPS) is 25.4. The molecule has 3 aromatic rings. The number of hydrogen-bond donors (Lipinski definition) is 0. The summed E-state index contributed by atoms with van der Waals surface area (Å²) in [5.41, 5.74) is 10.2. The predicted molar refractivity (Wildman–Crippen MR) is 220 cm³/mol. The van der Waals surface area contributed by atoms with Crippen molar-refractivity contribution < 1.29 is 4.74 Å². The molecule has 0 bridgehead atoms. The van der Waals surface area contributed by atoms with Crippen LogP contribution < -0.4 is 4.74 Å². The fourth-order valence-electron chi connectivity index (χ4n) is 9.59. The molecule has 272 valence electrons. The quantitative estimate of drug-likeness (QED) is 0.199. The molecule has 2 saturated carbocycles. The largest absolute Gasteiger partial charge is 0.477 e. The Morgan fingerprint density at radius 3 is 2.30 bits per heavy atom. The second-order valence-electron chi connectivity index (χ2n) is 15.1. The van der Waals surface area contributed by atoms with Gasteiger partial charge in [0.15, 0.2) is 0 Å². The standard InChI is InChI=1S/C42H50N2O.C2H6.3CH4/c1-7-31-12-10-13-32-22-29(4)23-36(39(31)32)41-30(5)35-24-38(45-26-42-18-9-8-14-34(42)15-11-19-42)43-40(37(35)25-44(41)6)33-20-27(2)16-17-28(3)21-33;1-2;;;/h1,10,12-13,16-17,22-24,27-28,33-34H,8-9,11,14-15,18-21,25-26H2,2-6H3;1-2H3;3*1H4. The zero-order valence-electron chi connectivity index (χ0n) is 30.1. The molecule has 0 N–H and O–H groups in total. The van der Waals surface area contributed by atoms with Crippen LogP contribution in [-0.2, 0) is 6.54 Å². The molecular formula is C47H68N2O. The number of pyridine rings is 1. The number of ether oxygens (including phenoxy) is 1. The minimum atomic E-state index is 0. The third kappa shape index (κ3) is 7.71. The number of rotatable bonds is 5. The number of aryl methyl sites for hydroxylation is 1. The van der Waals surface area contributed by atoms with E-state index >= 15 is 0 Å². The van der Waals surface area contributed by atoms with Gasteiger partial charge in [0.05, 0.1) is 12.3 Å². The van der Waals surface area contributed by atoms with Crippen molar-refractivity contribution >= 4 is 22.0 Å². The zero-order valence-corrected chi connectivity index (χ0v) is 30.1. The van der Waals surface area contributed by atoms with Gasteiger partial charge in [0.1, 0.15) is 0 Å². The fourth-order valence-corrected chi connectivity index (χ4v) is 9.59. The molecular weight excluding hydrogens is 609 g/mol. The molecule has 1 aliphatic heterocycles. The van der Waals surface area contributed by atoms with Gasteiger partial charge in [-0.15, -0.1) is 6.42 Å². The minimum Gasteiger partial charge on any atom is -0.477 e. The lowest BCUT2D eigenvalue weighted by atomic mass is 9.69. The lowest BCUT2D eigenvalue weighted by Crippen LogP contribution is -2.35. The molecule has 2 heterocycles. The first-order valence-electron chi connectivity index (χ1n) is 18.5. The summed E-state index contributed by atoms with van der Waals surface area (Å²) in [6.45, 7) is 14.9. The van der Waals surface area contributed by atoms with Crippen molar-refractivity contribution in [3.63, 3.8) is 0 Å². The van der Waals surface area contributed by atoms with Gasteiger partial charge in [0.2, 0.25) is 5.88 Å². The van der Waals surface area contributed by atoms with Crippen molar-refractivity contribution in [3.05, 3.63) is 82.1 Å². The van der Waals surface area contributed by atoms with Crippen LogP contribution in [0.15, 0.2) is 48.6 Å². The molecule has 3 heteroatoms. The minimum absolute atomic E-state index is 0. The zero-order chi connectivity index (χ0) is 33.3. The van der Waals surface area contributed by atoms with Crippen LogP contribution in [0.3, 0.4) is 0 Å². The highest BCUT2D eigenvalue weighted by Gasteiger charge is 2.45. The second-order valence-corrected chi connectivity index (χ2v) is 15.1. The van der Waals surface area contributed by atoms with E-state index in [0.717, 1.165) is 43.4 Å². The van der Waals surface area contributed by atoms with Crippen molar-refractivity contribution in [2.75, 3.05) is 13.7 Å². The Hall–Kier alpha value is -3.51. The molecule has 2 fully saturated rings. The molecule has 4 aliphatic rings. The maximum Gasteiger partial charge on any atom is 0.214 e. The molecule has 50 heavy (non-hydrogen) atoms. The van der Waals surface area contributed by atoms with Crippen LogP contribution >= 0.6 is 0 Å². The third-order valence-corrected chi connectivity index (χ3v) is 11.7. The number of hydrogen-bond acceptors (Lipinski definition) is 3. The van der Waals surface area contributed by atoms with Crippen molar-refractivity contribution in [2.24, 2.45) is 23.2 Å². The molecule has 1 aromatic heterocycles. The van der Waals surface area contributed by atoms with E-state index in [-0.39, 0.29) is 22.3 Å². The van der Waals surface area contributed by atoms with Gasteiger partial charge in [-0.05, 0) is 104 Å². The highest BCUT2D eigenvalue weighted by atomic mass is 16.5. The van der Waals surface area contributed by atoms with E-state index in [0.29, 0.717) is 23.2 Å². The molecule has 0 spiro atoms. The van der Waals surface area contributed by atoms with Crippen molar-refractivity contribution in [3.8, 4) is 18.2 Å². The maximum atomic E-state index is 6.89. The van der Waals surface area contributed by atoms with E-state index in [1.54, 1.807) is 0 Å². The maximum absolute atomic E-state index is 6.89. The summed E-state index contributed by atoms with van der Waals surface area (Å²) in [5.74, 6) is 6.11. The van der Waals surface area contributed by atoms with Gasteiger partial charge in [-0.3, -0.25) is 0 Å². The van der Waals surface area contributed by atoms with Crippen molar-refractivity contribution in [1.29, 1.82) is 0 Å². The summed E-state index contributed by atoms with van der Waals surface area (Å²) in [6, 6.07) is 13.2. The van der Waals surface area contributed by atoms with E-state index in [1.807, 2.05) is 13.8 Å². The number of terminal acetylenes is 1. The SMILES string of the molecule is C.C.C.C#Cc1cccc2cc(C)cc(C3=C(C)c4cc(OCC56CCCCC5CCC6)nc(C5CC(C)C=CC(C)C5)c4CN3C)c12.CC. The van der Waals surface area contributed by atoms with E-state index in [4.69, 9.17) is 16.1 Å². The van der Waals surface area contributed by atoms with Crippen LogP contribution in [0.4, 0.5) is 0 Å². The summed E-state index contributed by atoms with van der Waals surface area (Å²) >= 11 is 0. The summed E-state index contributed by atoms with van der Waals surface area (Å²) in [7, 11) is 2.24. The second kappa shape index (κ2) is 17.1. The first kappa shape index (κ1) is 40.9. The molecule has 3 nitrogen and oxygen atoms in total. The number of aromatic nitrogens is 1. The Bertz CT molecular complexity index is 1710. The Labute approximate surface area is 307 Å². The van der Waals surface area contributed by atoms with Crippen LogP contribution in [0.1, 0.15) is 154 Å². The van der Waals surface area contributed by atoms with Crippen LogP contribution in [0.2, 0.25) is 0 Å². The smallest absolute Gasteiger partial charge is 0.214 e. The van der Waals surface area contributed by atoms with E-state index in [2.05, 4.69) is 94.1 Å². The summed E-state index contributed by atoms with van der Waals surface area (Å²) in [5, 5.41) is 2.37. The molecule has 7 rings (SSSR count). The van der Waals surface area contributed by atoms with Gasteiger partial charge in [-0.25, -0.2) is 4.98 Å². The van der Waals surface area contributed by atoms with E-state index in [1.165, 1.54) is 94.9 Å². The molecule has 0 saturated heterocycles. The summed E-state index contributed by atoms with van der Waals surface area (Å²) in [4.78, 5) is 7.89. The van der Waals surface area contributed by atoms with Crippen LogP contribution in [0.5, 0.6) is 5.88 Å². The lowest BCUT2D eigenvalue weighted by Gasteiger charge is -2.39. The molecule has 4 unspecified atom stereocenters. The van der Waals surface area contributed by atoms with Crippen molar-refractivity contribution in [2.45, 2.75) is 134 Å². The Kier molecular flexibility index (Phi) is 14.0. The average molecular weight is 677 g/mol. The van der Waals surface area contributed by atoms with Gasteiger partial charge in [0, 0.05) is 58.8 Å². The van der Waals surface area contributed by atoms with Crippen molar-refractivity contribution in [1.82, 2.24) is 9.88 Å². The molecule has 0 amide bonds. The monoisotopic (exact) mass is 677 g/mol. The first-order valence-corrected chi connectivity index (χ1v) is 18.5. The fraction of sp³-hybridized carbons (Fsp3) is 0.553. The topological polar surface area (TPSA) is 25.4 Å². The number of allylic oxidation sites excluding steroid dienone is 3. The summed E-state index contributed by atoms with van der Waals surface area (Å²) in [6.07, 6.45) is 22.6. The van der Waals surface area contributed by atoms with Crippen LogP contribution in [0.25, 0.3) is 22.0 Å². The van der Waals surface area contributed by atoms with Gasteiger partial charge in [-0.2, -0.15) is 0 Å². The number of fused-ring (bicyclic) bond motifs is 3. The van der Waals surface area contributed by atoms with E-state index in [9.17, 15) is 0 Å². The lowest BCUT2D eigenvalue weighted by molar-refractivity contribution is 0.0572. The molecule has 0 radical (unpaired) electrons. The highest BCUT2D eigenvalue weighted by molar-refractivity contribution is 6.04. The molecule has 4 atom stereocenters. The average Bonchev–Trinajstić information content (AvgIpc) is 3.42.